The van der Waals surface area contributed by atoms with Crippen molar-refractivity contribution in [3.8, 4) is 0 Å². The lowest BCUT2D eigenvalue weighted by molar-refractivity contribution is -0.133. The Balaban J connectivity index is 1.85. The first kappa shape index (κ1) is 11.9. The van der Waals surface area contributed by atoms with Gasteiger partial charge in [0.05, 0.1) is 0 Å². The Kier molecular flexibility index (Phi) is 3.85. The van der Waals surface area contributed by atoms with Crippen molar-refractivity contribution in [3.05, 3.63) is 0 Å². The second-order valence-corrected chi connectivity index (χ2v) is 5.59. The predicted molar refractivity (Wildman–Crippen MR) is 64.9 cm³/mol. The minimum atomic E-state index is 0.207. The highest BCUT2D eigenvalue weighted by molar-refractivity contribution is 5.76. The van der Waals surface area contributed by atoms with E-state index in [-0.39, 0.29) is 6.04 Å². The molecule has 2 unspecified atom stereocenters. The van der Waals surface area contributed by atoms with E-state index in [2.05, 4.69) is 6.92 Å². The molecule has 1 amide bonds. The van der Waals surface area contributed by atoms with Crippen LogP contribution in [0.15, 0.2) is 0 Å². The van der Waals surface area contributed by atoms with Gasteiger partial charge in [0, 0.05) is 25.6 Å². The normalized spacial score (nSPS) is 30.5. The molecule has 0 aromatic rings. The van der Waals surface area contributed by atoms with Gasteiger partial charge in [0.15, 0.2) is 0 Å². The van der Waals surface area contributed by atoms with Crippen LogP contribution in [-0.4, -0.2) is 29.9 Å². The molecule has 2 aliphatic rings. The zero-order valence-corrected chi connectivity index (χ0v) is 10.3. The molecule has 1 heterocycles. The Bertz CT molecular complexity index is 248. The van der Waals surface area contributed by atoms with E-state index in [9.17, 15) is 4.79 Å². The first-order valence-electron chi connectivity index (χ1n) is 6.72. The zero-order valence-electron chi connectivity index (χ0n) is 10.3. The van der Waals surface area contributed by atoms with Crippen molar-refractivity contribution in [1.29, 1.82) is 0 Å². The maximum absolute atomic E-state index is 11.9. The van der Waals surface area contributed by atoms with Crippen LogP contribution < -0.4 is 5.73 Å². The van der Waals surface area contributed by atoms with Crippen molar-refractivity contribution in [1.82, 2.24) is 4.90 Å². The van der Waals surface area contributed by atoms with Crippen LogP contribution in [0.1, 0.15) is 45.4 Å². The van der Waals surface area contributed by atoms with Gasteiger partial charge in [0.2, 0.25) is 5.91 Å². The summed E-state index contributed by atoms with van der Waals surface area (Å²) in [4.78, 5) is 13.9. The van der Waals surface area contributed by atoms with Crippen LogP contribution in [0.5, 0.6) is 0 Å². The highest BCUT2D eigenvalue weighted by Gasteiger charge is 2.32. The molecule has 1 aliphatic carbocycles. The number of amides is 1. The van der Waals surface area contributed by atoms with E-state index in [0.717, 1.165) is 31.8 Å². The average molecular weight is 224 g/mol. The third-order valence-corrected chi connectivity index (χ3v) is 3.75. The molecule has 2 fully saturated rings. The largest absolute Gasteiger partial charge is 0.341 e. The van der Waals surface area contributed by atoms with E-state index in [0.29, 0.717) is 18.2 Å². The summed E-state index contributed by atoms with van der Waals surface area (Å²) >= 11 is 0. The fourth-order valence-electron chi connectivity index (χ4n) is 2.82. The Morgan fingerprint density at radius 3 is 2.69 bits per heavy atom. The lowest BCUT2D eigenvalue weighted by Crippen LogP contribution is -2.49. The molecule has 3 nitrogen and oxygen atoms in total. The molecule has 2 rings (SSSR count). The minimum absolute atomic E-state index is 0.207. The Labute approximate surface area is 98.4 Å². The van der Waals surface area contributed by atoms with Crippen molar-refractivity contribution < 1.29 is 4.79 Å². The molecule has 0 aromatic carbocycles. The van der Waals surface area contributed by atoms with Crippen molar-refractivity contribution in [2.24, 2.45) is 17.6 Å². The highest BCUT2D eigenvalue weighted by Crippen LogP contribution is 2.37. The molecule has 1 aliphatic heterocycles. The van der Waals surface area contributed by atoms with Crippen LogP contribution in [0, 0.1) is 11.8 Å². The molecule has 0 spiro atoms. The number of carbonyl (C=O) groups is 1. The van der Waals surface area contributed by atoms with Gasteiger partial charge in [0.1, 0.15) is 0 Å². The first-order chi connectivity index (χ1) is 7.69. The van der Waals surface area contributed by atoms with Gasteiger partial charge in [-0.05, 0) is 31.1 Å². The van der Waals surface area contributed by atoms with Gasteiger partial charge < -0.3 is 10.6 Å². The lowest BCUT2D eigenvalue weighted by Gasteiger charge is -2.36. The summed E-state index contributed by atoms with van der Waals surface area (Å²) in [6, 6.07) is 0.207. The van der Waals surface area contributed by atoms with E-state index >= 15 is 0 Å². The zero-order chi connectivity index (χ0) is 11.5. The molecular weight excluding hydrogens is 200 g/mol. The van der Waals surface area contributed by atoms with Crippen LogP contribution in [0.2, 0.25) is 0 Å². The molecule has 2 N–H and O–H groups in total. The van der Waals surface area contributed by atoms with Gasteiger partial charge in [-0.3, -0.25) is 4.79 Å². The number of hydrogen-bond donors (Lipinski definition) is 1. The number of piperidine rings is 1. The molecule has 16 heavy (non-hydrogen) atoms. The second kappa shape index (κ2) is 5.17. The summed E-state index contributed by atoms with van der Waals surface area (Å²) in [5, 5.41) is 0. The van der Waals surface area contributed by atoms with Crippen LogP contribution in [0.3, 0.4) is 0 Å². The van der Waals surface area contributed by atoms with Crippen molar-refractivity contribution in [3.63, 3.8) is 0 Å². The molecule has 2 atom stereocenters. The summed E-state index contributed by atoms with van der Waals surface area (Å²) in [5.74, 6) is 1.91. The second-order valence-electron chi connectivity index (χ2n) is 5.59. The number of hydrogen-bond acceptors (Lipinski definition) is 2. The number of nitrogens with zero attached hydrogens (tertiary/aromatic N) is 1. The molecule has 0 bridgehead atoms. The molecular formula is C13H24N2O. The highest BCUT2D eigenvalue weighted by atomic mass is 16.2. The van der Waals surface area contributed by atoms with E-state index in [1.165, 1.54) is 19.3 Å². The maximum Gasteiger partial charge on any atom is 0.222 e. The van der Waals surface area contributed by atoms with Crippen molar-refractivity contribution in [2.45, 2.75) is 51.5 Å². The van der Waals surface area contributed by atoms with Crippen LogP contribution >= 0.6 is 0 Å². The summed E-state index contributed by atoms with van der Waals surface area (Å²) in [6.45, 7) is 3.80. The Hall–Kier alpha value is -0.570. The number of rotatable bonds is 4. The summed E-state index contributed by atoms with van der Waals surface area (Å²) in [6.07, 6.45) is 6.83. The van der Waals surface area contributed by atoms with Gasteiger partial charge in [-0.1, -0.05) is 19.8 Å². The van der Waals surface area contributed by atoms with Gasteiger partial charge in [-0.15, -0.1) is 0 Å². The van der Waals surface area contributed by atoms with Crippen LogP contribution in [0.25, 0.3) is 0 Å². The number of likely N-dealkylation sites (tertiary alicyclic amines) is 1. The topological polar surface area (TPSA) is 46.3 Å². The maximum atomic E-state index is 11.9. The number of carbonyl (C=O) groups excluding carboxylic acids is 1. The first-order valence-corrected chi connectivity index (χ1v) is 6.72. The smallest absolute Gasteiger partial charge is 0.222 e. The minimum Gasteiger partial charge on any atom is -0.341 e. The van der Waals surface area contributed by atoms with Gasteiger partial charge >= 0.3 is 0 Å². The van der Waals surface area contributed by atoms with Gasteiger partial charge in [-0.2, -0.15) is 0 Å². The molecule has 3 heteroatoms. The Morgan fingerprint density at radius 1 is 1.31 bits per heavy atom. The van der Waals surface area contributed by atoms with Crippen LogP contribution in [-0.2, 0) is 4.79 Å². The number of nitrogens with two attached hydrogens (primary N) is 1. The molecule has 92 valence electrons. The fourth-order valence-corrected chi connectivity index (χ4v) is 2.82. The SMILES string of the molecule is CCCC(=O)N1CC(N)CC(CC2CC2)C1. The third-order valence-electron chi connectivity index (χ3n) is 3.75. The van der Waals surface area contributed by atoms with Gasteiger partial charge in [-0.25, -0.2) is 0 Å². The van der Waals surface area contributed by atoms with E-state index < -0.39 is 0 Å². The quantitative estimate of drug-likeness (QED) is 0.791. The molecule has 1 saturated carbocycles. The van der Waals surface area contributed by atoms with E-state index in [4.69, 9.17) is 5.73 Å². The fraction of sp³-hybridized carbons (Fsp3) is 0.923. The summed E-state index contributed by atoms with van der Waals surface area (Å²) < 4.78 is 0. The molecule has 0 aromatic heterocycles. The monoisotopic (exact) mass is 224 g/mol. The molecule has 1 saturated heterocycles. The van der Waals surface area contributed by atoms with Crippen molar-refractivity contribution in [2.75, 3.05) is 13.1 Å². The summed E-state index contributed by atoms with van der Waals surface area (Å²) in [5.41, 5.74) is 6.05. The average Bonchev–Trinajstić information content (AvgIpc) is 3.01. The molecule has 0 radical (unpaired) electrons. The van der Waals surface area contributed by atoms with Crippen molar-refractivity contribution >= 4 is 5.91 Å². The Morgan fingerprint density at radius 2 is 2.06 bits per heavy atom. The summed E-state index contributed by atoms with van der Waals surface area (Å²) in [7, 11) is 0. The van der Waals surface area contributed by atoms with E-state index in [1.54, 1.807) is 0 Å². The predicted octanol–water partition coefficient (Wildman–Crippen LogP) is 1.76. The van der Waals surface area contributed by atoms with Gasteiger partial charge in [0.25, 0.3) is 0 Å². The third kappa shape index (κ3) is 3.21. The standard InChI is InChI=1S/C13H24N2O/c1-2-3-13(16)15-8-11(6-10-4-5-10)7-12(14)9-15/h10-12H,2-9,14H2,1H3. The van der Waals surface area contributed by atoms with Crippen LogP contribution in [0.4, 0.5) is 0 Å². The van der Waals surface area contributed by atoms with E-state index in [1.807, 2.05) is 4.90 Å². The lowest BCUT2D eigenvalue weighted by atomic mass is 9.90.